The Bertz CT molecular complexity index is 356. The van der Waals surface area contributed by atoms with E-state index in [1.807, 2.05) is 6.92 Å². The molecule has 2 rings (SSSR count). The summed E-state index contributed by atoms with van der Waals surface area (Å²) in [4.78, 5) is 0. The maximum absolute atomic E-state index is 9.31. The van der Waals surface area contributed by atoms with Crippen molar-refractivity contribution in [2.24, 2.45) is 0 Å². The van der Waals surface area contributed by atoms with E-state index in [4.69, 9.17) is 0 Å². The van der Waals surface area contributed by atoms with Crippen molar-refractivity contribution in [2.75, 3.05) is 0 Å². The summed E-state index contributed by atoms with van der Waals surface area (Å²) in [7, 11) is 0. The van der Waals surface area contributed by atoms with E-state index in [9.17, 15) is 5.11 Å². The summed E-state index contributed by atoms with van der Waals surface area (Å²) in [6.07, 6.45) is 7.85. The average molecular weight is 251 g/mol. The molecule has 102 valence electrons. The van der Waals surface area contributed by atoms with Gasteiger partial charge in [-0.1, -0.05) is 12.8 Å². The van der Waals surface area contributed by atoms with Crippen LogP contribution in [0.15, 0.2) is 12.3 Å². The van der Waals surface area contributed by atoms with Gasteiger partial charge in [0.1, 0.15) is 0 Å². The zero-order valence-corrected chi connectivity index (χ0v) is 11.5. The SMILES string of the molecule is CC(O)CC(C)NCc1ccn(C2CCCC2)n1. The molecule has 1 aromatic heterocycles. The maximum atomic E-state index is 9.31. The van der Waals surface area contributed by atoms with E-state index in [-0.39, 0.29) is 6.10 Å². The minimum Gasteiger partial charge on any atom is -0.393 e. The Morgan fingerprint density at radius 1 is 1.44 bits per heavy atom. The normalized spacial score (nSPS) is 20.2. The molecule has 1 fully saturated rings. The number of hydrogen-bond acceptors (Lipinski definition) is 3. The molecule has 0 spiro atoms. The van der Waals surface area contributed by atoms with Gasteiger partial charge in [0.15, 0.2) is 0 Å². The Kier molecular flexibility index (Phi) is 4.78. The number of nitrogens with one attached hydrogen (secondary N) is 1. The highest BCUT2D eigenvalue weighted by molar-refractivity contribution is 5.00. The monoisotopic (exact) mass is 251 g/mol. The summed E-state index contributed by atoms with van der Waals surface area (Å²) in [5.74, 6) is 0. The molecule has 1 saturated carbocycles. The predicted octanol–water partition coefficient (Wildman–Crippen LogP) is 2.25. The molecule has 1 aromatic rings. The van der Waals surface area contributed by atoms with Crippen LogP contribution >= 0.6 is 0 Å². The Hall–Kier alpha value is -0.870. The smallest absolute Gasteiger partial charge is 0.0762 e. The minimum absolute atomic E-state index is 0.247. The van der Waals surface area contributed by atoms with Crippen LogP contribution in [-0.2, 0) is 6.54 Å². The molecular weight excluding hydrogens is 226 g/mol. The molecule has 1 aliphatic carbocycles. The van der Waals surface area contributed by atoms with Gasteiger partial charge in [-0.3, -0.25) is 4.68 Å². The first-order valence-corrected chi connectivity index (χ1v) is 7.10. The molecule has 0 aliphatic heterocycles. The lowest BCUT2D eigenvalue weighted by molar-refractivity contribution is 0.170. The van der Waals surface area contributed by atoms with Crippen LogP contribution in [0.25, 0.3) is 0 Å². The van der Waals surface area contributed by atoms with Crippen molar-refractivity contribution in [3.05, 3.63) is 18.0 Å². The van der Waals surface area contributed by atoms with Crippen molar-refractivity contribution >= 4 is 0 Å². The number of aromatic nitrogens is 2. The standard InChI is InChI=1S/C14H25N3O/c1-11(9-12(2)18)15-10-13-7-8-17(16-13)14-5-3-4-6-14/h7-8,11-12,14-15,18H,3-6,9-10H2,1-2H3. The van der Waals surface area contributed by atoms with Gasteiger partial charge in [0, 0.05) is 18.8 Å². The summed E-state index contributed by atoms with van der Waals surface area (Å²) in [5.41, 5.74) is 1.10. The number of aliphatic hydroxyl groups excluding tert-OH is 1. The highest BCUT2D eigenvalue weighted by atomic mass is 16.3. The van der Waals surface area contributed by atoms with Crippen LogP contribution in [-0.4, -0.2) is 27.0 Å². The zero-order valence-electron chi connectivity index (χ0n) is 11.5. The summed E-state index contributed by atoms with van der Waals surface area (Å²) in [6, 6.07) is 3.04. The van der Waals surface area contributed by atoms with E-state index in [1.54, 1.807) is 0 Å². The lowest BCUT2D eigenvalue weighted by Crippen LogP contribution is -2.28. The van der Waals surface area contributed by atoms with E-state index in [0.29, 0.717) is 12.1 Å². The third-order valence-corrected chi connectivity index (χ3v) is 3.69. The molecule has 0 saturated heterocycles. The molecule has 2 atom stereocenters. The van der Waals surface area contributed by atoms with E-state index in [1.165, 1.54) is 25.7 Å². The van der Waals surface area contributed by atoms with Gasteiger partial charge in [-0.25, -0.2) is 0 Å². The molecule has 2 N–H and O–H groups in total. The van der Waals surface area contributed by atoms with Crippen LogP contribution in [0.5, 0.6) is 0 Å². The second-order valence-corrected chi connectivity index (χ2v) is 5.59. The number of nitrogens with zero attached hydrogens (tertiary/aromatic N) is 2. The molecule has 1 aliphatic rings. The first kappa shape index (κ1) is 13.6. The largest absolute Gasteiger partial charge is 0.393 e. The second-order valence-electron chi connectivity index (χ2n) is 5.59. The predicted molar refractivity (Wildman–Crippen MR) is 72.3 cm³/mol. The Morgan fingerprint density at radius 2 is 2.17 bits per heavy atom. The topological polar surface area (TPSA) is 50.1 Å². The molecule has 0 aromatic carbocycles. The van der Waals surface area contributed by atoms with Crippen LogP contribution < -0.4 is 5.32 Å². The third kappa shape index (κ3) is 3.82. The fourth-order valence-electron chi connectivity index (χ4n) is 2.72. The highest BCUT2D eigenvalue weighted by Crippen LogP contribution is 2.28. The molecule has 18 heavy (non-hydrogen) atoms. The van der Waals surface area contributed by atoms with Gasteiger partial charge in [0.25, 0.3) is 0 Å². The molecular formula is C14H25N3O. The molecule has 0 radical (unpaired) electrons. The van der Waals surface area contributed by atoms with Gasteiger partial charge >= 0.3 is 0 Å². The third-order valence-electron chi connectivity index (χ3n) is 3.69. The molecule has 4 heteroatoms. The van der Waals surface area contributed by atoms with Crippen molar-refractivity contribution in [3.8, 4) is 0 Å². The van der Waals surface area contributed by atoms with Gasteiger partial charge in [-0.15, -0.1) is 0 Å². The van der Waals surface area contributed by atoms with Gasteiger partial charge in [-0.05, 0) is 39.2 Å². The van der Waals surface area contributed by atoms with E-state index < -0.39 is 0 Å². The second kappa shape index (κ2) is 6.34. The van der Waals surface area contributed by atoms with Crippen molar-refractivity contribution in [3.63, 3.8) is 0 Å². The zero-order chi connectivity index (χ0) is 13.0. The van der Waals surface area contributed by atoms with Gasteiger partial charge < -0.3 is 10.4 Å². The number of aliphatic hydroxyl groups is 1. The summed E-state index contributed by atoms with van der Waals surface area (Å²) >= 11 is 0. The molecule has 2 unspecified atom stereocenters. The molecule has 4 nitrogen and oxygen atoms in total. The Balaban J connectivity index is 1.79. The Labute approximate surface area is 109 Å². The van der Waals surface area contributed by atoms with Gasteiger partial charge in [0.2, 0.25) is 0 Å². The van der Waals surface area contributed by atoms with Crippen molar-refractivity contribution < 1.29 is 5.11 Å². The number of rotatable bonds is 6. The fraction of sp³-hybridized carbons (Fsp3) is 0.786. The highest BCUT2D eigenvalue weighted by Gasteiger charge is 2.17. The first-order chi connectivity index (χ1) is 8.65. The van der Waals surface area contributed by atoms with Gasteiger partial charge in [-0.2, -0.15) is 5.10 Å². The summed E-state index contributed by atoms with van der Waals surface area (Å²) < 4.78 is 2.13. The average Bonchev–Trinajstić information content (AvgIpc) is 2.96. The van der Waals surface area contributed by atoms with Crippen LogP contribution in [0.2, 0.25) is 0 Å². The van der Waals surface area contributed by atoms with E-state index in [2.05, 4.69) is 34.3 Å². The summed E-state index contributed by atoms with van der Waals surface area (Å²) in [5, 5.41) is 17.3. The van der Waals surface area contributed by atoms with E-state index in [0.717, 1.165) is 18.7 Å². The maximum Gasteiger partial charge on any atom is 0.0762 e. The van der Waals surface area contributed by atoms with Gasteiger partial charge in [0.05, 0.1) is 17.8 Å². The van der Waals surface area contributed by atoms with Crippen LogP contribution in [0.3, 0.4) is 0 Å². The minimum atomic E-state index is -0.247. The van der Waals surface area contributed by atoms with Crippen LogP contribution in [0, 0.1) is 0 Å². The van der Waals surface area contributed by atoms with Crippen LogP contribution in [0.1, 0.15) is 57.7 Å². The lowest BCUT2D eigenvalue weighted by atomic mass is 10.1. The molecule has 0 bridgehead atoms. The van der Waals surface area contributed by atoms with Crippen molar-refractivity contribution in [2.45, 2.75) is 70.7 Å². The lowest BCUT2D eigenvalue weighted by Gasteiger charge is -2.14. The Morgan fingerprint density at radius 3 is 2.83 bits per heavy atom. The first-order valence-electron chi connectivity index (χ1n) is 7.10. The quantitative estimate of drug-likeness (QED) is 0.815. The van der Waals surface area contributed by atoms with Crippen molar-refractivity contribution in [1.82, 2.24) is 15.1 Å². The number of hydrogen-bond donors (Lipinski definition) is 2. The van der Waals surface area contributed by atoms with Crippen molar-refractivity contribution in [1.29, 1.82) is 0 Å². The molecule has 0 amide bonds. The van der Waals surface area contributed by atoms with Crippen LogP contribution in [0.4, 0.5) is 0 Å². The summed E-state index contributed by atoms with van der Waals surface area (Å²) in [6.45, 7) is 4.71. The fourth-order valence-corrected chi connectivity index (χ4v) is 2.72. The molecule has 1 heterocycles. The van der Waals surface area contributed by atoms with E-state index >= 15 is 0 Å².